The molecule has 0 aliphatic carbocycles. The normalized spacial score (nSPS) is 10.9. The van der Waals surface area contributed by atoms with Gasteiger partial charge in [0.1, 0.15) is 0 Å². The van der Waals surface area contributed by atoms with Crippen molar-refractivity contribution in [2.45, 2.75) is 0 Å². The summed E-state index contributed by atoms with van der Waals surface area (Å²) in [6.07, 6.45) is 3.25. The molecule has 0 spiro atoms. The topological polar surface area (TPSA) is 34.9 Å². The third kappa shape index (κ3) is 1.49. The van der Waals surface area contributed by atoms with Gasteiger partial charge in [-0.1, -0.05) is 6.07 Å². The summed E-state index contributed by atoms with van der Waals surface area (Å²) in [5.74, 6) is 0. The fourth-order valence-electron chi connectivity index (χ4n) is 1.08. The molecule has 0 fully saturated rings. The van der Waals surface area contributed by atoms with Gasteiger partial charge in [-0.05, 0) is 18.2 Å². The third-order valence-electron chi connectivity index (χ3n) is 1.68. The van der Waals surface area contributed by atoms with Crippen LogP contribution in [-0.2, 0) is 0 Å². The van der Waals surface area contributed by atoms with Gasteiger partial charge in [-0.25, -0.2) is 0 Å². The molecule has 2 aromatic heterocycles. The average Bonchev–Trinajstić information content (AvgIpc) is 2.20. The molecule has 64 valence electrons. The second kappa shape index (κ2) is 3.23. The largest absolute Gasteiger partial charge is 0.283 e. The first-order valence-electron chi connectivity index (χ1n) is 4.39. The van der Waals surface area contributed by atoms with E-state index in [1.165, 1.54) is 16.8 Å². The summed E-state index contributed by atoms with van der Waals surface area (Å²) in [5.41, 5.74) is 0.340. The quantitative estimate of drug-likeness (QED) is 0.650. The van der Waals surface area contributed by atoms with Crippen LogP contribution in [0.2, 0.25) is 0 Å². The van der Waals surface area contributed by atoms with Gasteiger partial charge < -0.3 is 0 Å². The summed E-state index contributed by atoms with van der Waals surface area (Å²) in [7, 11) is 0. The lowest BCUT2D eigenvalue weighted by atomic mass is 10.4. The van der Waals surface area contributed by atoms with Gasteiger partial charge in [0.05, 0.1) is 13.2 Å². The van der Waals surface area contributed by atoms with E-state index in [-0.39, 0.29) is 11.7 Å². The Bertz CT molecular complexity index is 507. The number of aromatic nitrogens is 2. The molecular weight excluding hydrogens is 164 g/mol. The lowest BCUT2D eigenvalue weighted by molar-refractivity contribution is 0.978. The lowest BCUT2D eigenvalue weighted by Gasteiger charge is -2.02. The Balaban J connectivity index is 2.67. The van der Waals surface area contributed by atoms with Crippen LogP contribution in [0, 0.1) is 0 Å². The second-order valence-electron chi connectivity index (χ2n) is 2.54. The van der Waals surface area contributed by atoms with Crippen molar-refractivity contribution in [1.82, 2.24) is 9.55 Å². The molecule has 0 aromatic carbocycles. The number of hydrogen-bond acceptors (Lipinski definition) is 2. The summed E-state index contributed by atoms with van der Waals surface area (Å²) in [4.78, 5) is 15.2. The number of nitrogens with zero attached hydrogens (tertiary/aromatic N) is 2. The molecule has 0 saturated heterocycles. The van der Waals surface area contributed by atoms with E-state index in [1.54, 1.807) is 30.5 Å². The Morgan fingerprint density at radius 1 is 1.31 bits per heavy atom. The fourth-order valence-corrected chi connectivity index (χ4v) is 1.08. The van der Waals surface area contributed by atoms with Crippen LogP contribution in [0.5, 0.6) is 0 Å². The molecule has 0 atom stereocenters. The first-order chi connectivity index (χ1) is 6.79. The first-order valence-corrected chi connectivity index (χ1v) is 3.89. The van der Waals surface area contributed by atoms with Gasteiger partial charge in [-0.3, -0.25) is 14.3 Å². The molecule has 3 nitrogen and oxygen atoms in total. The average molecular weight is 173 g/mol. The maximum absolute atomic E-state index is 11.4. The maximum Gasteiger partial charge on any atom is 0.255 e. The van der Waals surface area contributed by atoms with Crippen LogP contribution < -0.4 is 5.56 Å². The monoisotopic (exact) mass is 173 g/mol. The Labute approximate surface area is 76.7 Å². The molecule has 2 rings (SSSR count). The van der Waals surface area contributed by atoms with Crippen LogP contribution in [0.3, 0.4) is 0 Å². The highest BCUT2D eigenvalue weighted by molar-refractivity contribution is 5.27. The number of hydrogen-bond donors (Lipinski definition) is 0. The Kier molecular flexibility index (Phi) is 1.64. The minimum Gasteiger partial charge on any atom is -0.283 e. The van der Waals surface area contributed by atoms with Crippen molar-refractivity contribution >= 4 is 0 Å². The van der Waals surface area contributed by atoms with Crippen LogP contribution in [0.25, 0.3) is 5.69 Å². The van der Waals surface area contributed by atoms with Crippen molar-refractivity contribution in [1.29, 1.82) is 0 Å². The van der Waals surface area contributed by atoms with Crippen LogP contribution in [-0.4, -0.2) is 9.55 Å². The van der Waals surface area contributed by atoms with E-state index in [4.69, 9.17) is 1.37 Å². The Hall–Kier alpha value is -1.90. The van der Waals surface area contributed by atoms with Crippen molar-refractivity contribution in [3.8, 4) is 5.69 Å². The standard InChI is InChI=1S/C10H8N2O/c13-10-5-1-2-7-12(10)9-4-3-6-11-8-9/h1-8H/i8D. The van der Waals surface area contributed by atoms with Crippen molar-refractivity contribution in [3.63, 3.8) is 0 Å². The molecule has 2 aromatic rings. The predicted octanol–water partition coefficient (Wildman–Crippen LogP) is 1.23. The fraction of sp³-hybridized carbons (Fsp3) is 0. The highest BCUT2D eigenvalue weighted by atomic mass is 16.1. The third-order valence-corrected chi connectivity index (χ3v) is 1.68. The van der Waals surface area contributed by atoms with Crippen LogP contribution >= 0.6 is 0 Å². The number of pyridine rings is 2. The summed E-state index contributed by atoms with van der Waals surface area (Å²) < 4.78 is 8.93. The van der Waals surface area contributed by atoms with Gasteiger partial charge in [0.25, 0.3) is 5.56 Å². The molecule has 0 unspecified atom stereocenters. The number of rotatable bonds is 1. The Morgan fingerprint density at radius 3 is 3.00 bits per heavy atom. The van der Waals surface area contributed by atoms with E-state index in [0.717, 1.165) is 0 Å². The highest BCUT2D eigenvalue weighted by Gasteiger charge is 1.95. The molecular formula is C10H8N2O. The lowest BCUT2D eigenvalue weighted by Crippen LogP contribution is -2.15. The van der Waals surface area contributed by atoms with Gasteiger partial charge in [0.15, 0.2) is 0 Å². The molecule has 2 heterocycles. The van der Waals surface area contributed by atoms with Gasteiger partial charge in [-0.2, -0.15) is 0 Å². The molecule has 0 bridgehead atoms. The van der Waals surface area contributed by atoms with Crippen molar-refractivity contribution < 1.29 is 1.37 Å². The van der Waals surface area contributed by atoms with E-state index >= 15 is 0 Å². The Morgan fingerprint density at radius 2 is 2.23 bits per heavy atom. The van der Waals surface area contributed by atoms with E-state index in [9.17, 15) is 4.79 Å². The van der Waals surface area contributed by atoms with Crippen LogP contribution in [0.4, 0.5) is 0 Å². The van der Waals surface area contributed by atoms with Crippen molar-refractivity contribution in [2.24, 2.45) is 0 Å². The van der Waals surface area contributed by atoms with E-state index < -0.39 is 0 Å². The van der Waals surface area contributed by atoms with Crippen molar-refractivity contribution in [2.75, 3.05) is 0 Å². The molecule has 0 amide bonds. The zero-order valence-electron chi connectivity index (χ0n) is 7.84. The van der Waals surface area contributed by atoms with Gasteiger partial charge >= 0.3 is 0 Å². The van der Waals surface area contributed by atoms with Crippen LogP contribution in [0.15, 0.2) is 53.7 Å². The SMILES string of the molecule is [2H]c1ncccc1-n1ccccc1=O. The van der Waals surface area contributed by atoms with E-state index in [0.29, 0.717) is 5.69 Å². The molecule has 3 heteroatoms. The molecule has 13 heavy (non-hydrogen) atoms. The summed E-state index contributed by atoms with van der Waals surface area (Å²) in [5, 5.41) is 0. The molecule has 0 saturated carbocycles. The highest BCUT2D eigenvalue weighted by Crippen LogP contribution is 1.99. The minimum atomic E-state index is -0.158. The summed E-state index contributed by atoms with van der Waals surface area (Å²) in [6.45, 7) is 0. The summed E-state index contributed by atoms with van der Waals surface area (Å²) >= 11 is 0. The molecule has 0 N–H and O–H groups in total. The zero-order chi connectivity index (χ0) is 9.97. The van der Waals surface area contributed by atoms with Crippen LogP contribution in [0.1, 0.15) is 1.37 Å². The van der Waals surface area contributed by atoms with Gasteiger partial charge in [0.2, 0.25) is 0 Å². The molecule has 0 aliphatic rings. The van der Waals surface area contributed by atoms with E-state index in [2.05, 4.69) is 4.98 Å². The molecule has 0 radical (unpaired) electrons. The predicted molar refractivity (Wildman–Crippen MR) is 49.8 cm³/mol. The second-order valence-corrected chi connectivity index (χ2v) is 2.54. The van der Waals surface area contributed by atoms with Gasteiger partial charge in [0, 0.05) is 18.5 Å². The summed E-state index contributed by atoms with van der Waals surface area (Å²) in [6, 6.07) is 8.25. The smallest absolute Gasteiger partial charge is 0.255 e. The van der Waals surface area contributed by atoms with Crippen molar-refractivity contribution in [3.05, 3.63) is 59.3 Å². The minimum absolute atomic E-state index is 0.0980. The first kappa shape index (κ1) is 6.60. The van der Waals surface area contributed by atoms with Gasteiger partial charge in [-0.15, -0.1) is 0 Å². The zero-order valence-corrected chi connectivity index (χ0v) is 6.84. The van der Waals surface area contributed by atoms with E-state index in [1.807, 2.05) is 0 Å². The maximum atomic E-state index is 11.4. The molecule has 0 aliphatic heterocycles.